The zero-order valence-electron chi connectivity index (χ0n) is 15.6. The predicted octanol–water partition coefficient (Wildman–Crippen LogP) is 2.03. The van der Waals surface area contributed by atoms with E-state index in [1.807, 2.05) is 6.92 Å². The third-order valence-electron chi connectivity index (χ3n) is 3.81. The van der Waals surface area contributed by atoms with Crippen LogP contribution in [0.5, 0.6) is 0 Å². The molecule has 0 saturated carbocycles. The van der Waals surface area contributed by atoms with E-state index in [0.29, 0.717) is 17.1 Å². The number of hydrogen-bond donors (Lipinski definition) is 4. The number of nitrogens with two attached hydrogens (primary N) is 1. The van der Waals surface area contributed by atoms with Crippen molar-refractivity contribution in [3.63, 3.8) is 0 Å². The maximum Gasteiger partial charge on any atom is 0.321 e. The minimum absolute atomic E-state index is 0.00430. The maximum absolute atomic E-state index is 12.0. The summed E-state index contributed by atoms with van der Waals surface area (Å²) in [5, 5.41) is 7.50. The van der Waals surface area contributed by atoms with E-state index in [9.17, 15) is 23.2 Å². The van der Waals surface area contributed by atoms with Crippen molar-refractivity contribution in [3.8, 4) is 0 Å². The standard InChI is InChI=1S/C18H21F2N5O3S/c1-10-13(8-11-2-4-12(5-3-11)16(21)27)29-18(24-10)25-17(28)22-7-6-15(26)23-9-14(19)20/h2-5,14H,6-9H2,1H3,(H2,21,27)(H,23,26)(H2,22,24,25,28). The molecule has 0 aliphatic carbocycles. The third-order valence-corrected chi connectivity index (χ3v) is 4.88. The number of hydrogen-bond acceptors (Lipinski definition) is 5. The molecule has 0 aliphatic rings. The molecule has 2 aromatic rings. The highest BCUT2D eigenvalue weighted by molar-refractivity contribution is 7.15. The van der Waals surface area contributed by atoms with Crippen LogP contribution in [0.4, 0.5) is 18.7 Å². The third kappa shape index (κ3) is 7.45. The molecule has 1 aromatic heterocycles. The highest BCUT2D eigenvalue weighted by Crippen LogP contribution is 2.25. The van der Waals surface area contributed by atoms with Gasteiger partial charge in [-0.2, -0.15) is 0 Å². The van der Waals surface area contributed by atoms with Crippen molar-refractivity contribution in [3.05, 3.63) is 46.0 Å². The van der Waals surface area contributed by atoms with E-state index in [0.717, 1.165) is 16.1 Å². The predicted molar refractivity (Wildman–Crippen MR) is 105 cm³/mol. The Hall–Kier alpha value is -3.08. The average Bonchev–Trinajstić information content (AvgIpc) is 2.99. The molecule has 1 aromatic carbocycles. The van der Waals surface area contributed by atoms with Crippen molar-refractivity contribution >= 4 is 34.3 Å². The maximum atomic E-state index is 12.0. The first-order valence-electron chi connectivity index (χ1n) is 8.69. The van der Waals surface area contributed by atoms with Crippen LogP contribution in [0.1, 0.15) is 32.9 Å². The van der Waals surface area contributed by atoms with Crippen LogP contribution in [-0.4, -0.2) is 42.3 Å². The molecule has 0 radical (unpaired) electrons. The van der Waals surface area contributed by atoms with Gasteiger partial charge in [-0.15, -0.1) is 11.3 Å². The Morgan fingerprint density at radius 2 is 1.86 bits per heavy atom. The van der Waals surface area contributed by atoms with Gasteiger partial charge in [0.05, 0.1) is 12.2 Å². The molecule has 0 fully saturated rings. The number of carbonyl (C=O) groups is 3. The molecule has 0 aliphatic heterocycles. The zero-order chi connectivity index (χ0) is 21.4. The zero-order valence-corrected chi connectivity index (χ0v) is 16.4. The van der Waals surface area contributed by atoms with Crippen molar-refractivity contribution in [1.29, 1.82) is 0 Å². The number of nitrogens with zero attached hydrogens (tertiary/aromatic N) is 1. The average molecular weight is 425 g/mol. The molecule has 5 N–H and O–H groups in total. The van der Waals surface area contributed by atoms with Crippen LogP contribution in [0.3, 0.4) is 0 Å². The number of benzene rings is 1. The van der Waals surface area contributed by atoms with Crippen LogP contribution in [0, 0.1) is 6.92 Å². The summed E-state index contributed by atoms with van der Waals surface area (Å²) in [5.41, 5.74) is 7.38. The van der Waals surface area contributed by atoms with Crippen molar-refractivity contribution in [2.75, 3.05) is 18.4 Å². The van der Waals surface area contributed by atoms with Gasteiger partial charge in [-0.25, -0.2) is 18.6 Å². The number of thiazole rings is 1. The summed E-state index contributed by atoms with van der Waals surface area (Å²) < 4.78 is 24.0. The number of rotatable bonds is 9. The lowest BCUT2D eigenvalue weighted by molar-refractivity contribution is -0.121. The first kappa shape index (κ1) is 22.2. The quantitative estimate of drug-likeness (QED) is 0.490. The fourth-order valence-electron chi connectivity index (χ4n) is 2.33. The molecule has 29 heavy (non-hydrogen) atoms. The summed E-state index contributed by atoms with van der Waals surface area (Å²) in [6.07, 6.45) is -2.14. The van der Waals surface area contributed by atoms with Gasteiger partial charge in [0, 0.05) is 29.8 Å². The minimum atomic E-state index is -2.61. The highest BCUT2D eigenvalue weighted by Gasteiger charge is 2.12. The number of amides is 4. The second kappa shape index (κ2) is 10.5. The van der Waals surface area contributed by atoms with E-state index in [4.69, 9.17) is 5.73 Å². The lowest BCUT2D eigenvalue weighted by Gasteiger charge is -2.06. The number of primary amides is 1. The smallest absolute Gasteiger partial charge is 0.321 e. The molecule has 8 nitrogen and oxygen atoms in total. The van der Waals surface area contributed by atoms with Crippen LogP contribution >= 0.6 is 11.3 Å². The van der Waals surface area contributed by atoms with Gasteiger partial charge in [0.1, 0.15) is 0 Å². The largest absolute Gasteiger partial charge is 0.366 e. The van der Waals surface area contributed by atoms with E-state index in [1.165, 1.54) is 11.3 Å². The second-order valence-corrected chi connectivity index (χ2v) is 7.18. The van der Waals surface area contributed by atoms with Crippen molar-refractivity contribution < 1.29 is 23.2 Å². The molecule has 0 atom stereocenters. The molecule has 1 heterocycles. The second-order valence-electron chi connectivity index (χ2n) is 6.09. The molecule has 0 bridgehead atoms. The highest BCUT2D eigenvalue weighted by atomic mass is 32.1. The van der Waals surface area contributed by atoms with Gasteiger partial charge in [0.15, 0.2) is 5.13 Å². The number of nitrogens with one attached hydrogen (secondary N) is 3. The summed E-state index contributed by atoms with van der Waals surface area (Å²) in [6, 6.07) is 6.37. The van der Waals surface area contributed by atoms with Crippen LogP contribution in [0.2, 0.25) is 0 Å². The summed E-state index contributed by atoms with van der Waals surface area (Å²) in [7, 11) is 0. The first-order valence-corrected chi connectivity index (χ1v) is 9.51. The van der Waals surface area contributed by atoms with Crippen LogP contribution in [-0.2, 0) is 11.2 Å². The Labute approximate surface area is 169 Å². The van der Waals surface area contributed by atoms with Gasteiger partial charge in [-0.3, -0.25) is 14.9 Å². The Morgan fingerprint density at radius 3 is 2.48 bits per heavy atom. The van der Waals surface area contributed by atoms with E-state index < -0.39 is 30.8 Å². The monoisotopic (exact) mass is 425 g/mol. The van der Waals surface area contributed by atoms with E-state index in [1.54, 1.807) is 24.3 Å². The number of alkyl halides is 2. The van der Waals surface area contributed by atoms with Crippen molar-refractivity contribution in [2.24, 2.45) is 5.73 Å². The normalized spacial score (nSPS) is 10.6. The number of carbonyl (C=O) groups excluding carboxylic acids is 3. The van der Waals surface area contributed by atoms with Crippen LogP contribution in [0.25, 0.3) is 0 Å². The summed E-state index contributed by atoms with van der Waals surface area (Å²) in [5.74, 6) is -1.06. The summed E-state index contributed by atoms with van der Waals surface area (Å²) >= 11 is 1.31. The first-order chi connectivity index (χ1) is 13.7. The van der Waals surface area contributed by atoms with Gasteiger partial charge in [-0.05, 0) is 24.6 Å². The van der Waals surface area contributed by atoms with Crippen LogP contribution in [0.15, 0.2) is 24.3 Å². The molecule has 0 unspecified atom stereocenters. The summed E-state index contributed by atoms with van der Waals surface area (Å²) in [6.45, 7) is 1.11. The van der Waals surface area contributed by atoms with Gasteiger partial charge in [0.25, 0.3) is 6.43 Å². The Balaban J connectivity index is 1.82. The van der Waals surface area contributed by atoms with Gasteiger partial charge < -0.3 is 16.4 Å². The lowest BCUT2D eigenvalue weighted by Crippen LogP contribution is -2.34. The van der Waals surface area contributed by atoms with E-state index >= 15 is 0 Å². The number of urea groups is 1. The molecular formula is C18H21F2N5O3S. The fourth-order valence-corrected chi connectivity index (χ4v) is 3.32. The van der Waals surface area contributed by atoms with Gasteiger partial charge in [-0.1, -0.05) is 12.1 Å². The molecule has 0 spiro atoms. The minimum Gasteiger partial charge on any atom is -0.366 e. The van der Waals surface area contributed by atoms with Crippen molar-refractivity contribution in [2.45, 2.75) is 26.2 Å². The molecule has 0 saturated heterocycles. The number of anilines is 1. The SMILES string of the molecule is Cc1nc(NC(=O)NCCC(=O)NCC(F)F)sc1Cc1ccc(C(N)=O)cc1. The molecule has 4 amide bonds. The molecule has 2 rings (SSSR count). The molecular weight excluding hydrogens is 404 g/mol. The fraction of sp³-hybridized carbons (Fsp3) is 0.333. The Bertz CT molecular complexity index is 871. The Kier molecular flexibility index (Phi) is 8.01. The summed E-state index contributed by atoms with van der Waals surface area (Å²) in [4.78, 5) is 39.6. The van der Waals surface area contributed by atoms with Gasteiger partial charge in [0.2, 0.25) is 11.8 Å². The number of aryl methyl sites for hydroxylation is 1. The van der Waals surface area contributed by atoms with Crippen molar-refractivity contribution in [1.82, 2.24) is 15.6 Å². The molecule has 156 valence electrons. The van der Waals surface area contributed by atoms with Gasteiger partial charge >= 0.3 is 6.03 Å². The lowest BCUT2D eigenvalue weighted by atomic mass is 10.1. The van der Waals surface area contributed by atoms with E-state index in [2.05, 4.69) is 20.9 Å². The molecule has 11 heteroatoms. The Morgan fingerprint density at radius 1 is 1.17 bits per heavy atom. The van der Waals surface area contributed by atoms with E-state index in [-0.39, 0.29) is 13.0 Å². The number of halogens is 2. The van der Waals surface area contributed by atoms with Crippen LogP contribution < -0.4 is 21.7 Å². The topological polar surface area (TPSA) is 126 Å². The number of aromatic nitrogens is 1.